The van der Waals surface area contributed by atoms with E-state index in [-0.39, 0.29) is 10.2 Å². The van der Waals surface area contributed by atoms with Crippen molar-refractivity contribution in [1.29, 1.82) is 0 Å². The molecule has 0 aliphatic carbocycles. The number of aryl methyl sites for hydroxylation is 1. The molecule has 0 spiro atoms. The Morgan fingerprint density at radius 2 is 2.09 bits per heavy atom. The van der Waals surface area contributed by atoms with Gasteiger partial charge in [0.1, 0.15) is 12.0 Å². The molecule has 1 aromatic rings. The Balaban J connectivity index is 3.17. The molecule has 1 heterocycles. The lowest BCUT2D eigenvalue weighted by Gasteiger charge is -2.02. The zero-order chi connectivity index (χ0) is 8.43. The molecule has 2 nitrogen and oxygen atoms in total. The van der Waals surface area contributed by atoms with Crippen LogP contribution in [0.2, 0.25) is 0 Å². The largest absolute Gasteiger partial charge is 0.281 e. The van der Waals surface area contributed by atoms with Crippen molar-refractivity contribution in [2.45, 2.75) is 13.3 Å². The summed E-state index contributed by atoms with van der Waals surface area (Å²) in [7, 11) is 0. The summed E-state index contributed by atoms with van der Waals surface area (Å²) in [6, 6.07) is 0. The molecule has 0 amide bonds. The van der Waals surface area contributed by atoms with Crippen LogP contribution in [0.15, 0.2) is 10.8 Å². The van der Waals surface area contributed by atoms with Crippen LogP contribution in [0.25, 0.3) is 0 Å². The van der Waals surface area contributed by atoms with Gasteiger partial charge in [0.15, 0.2) is 0 Å². The fraction of sp³-hybridized carbons (Fsp3) is 0.333. The van der Waals surface area contributed by atoms with Crippen molar-refractivity contribution < 1.29 is 8.78 Å². The van der Waals surface area contributed by atoms with Gasteiger partial charge >= 0.3 is 0 Å². The van der Waals surface area contributed by atoms with Gasteiger partial charge in [-0.15, -0.1) is 0 Å². The first-order valence-electron chi connectivity index (χ1n) is 2.88. The Hall–Kier alpha value is -0.580. The normalized spacial score (nSPS) is 10.6. The highest BCUT2D eigenvalue weighted by Crippen LogP contribution is 2.25. The van der Waals surface area contributed by atoms with Crippen LogP contribution in [0.3, 0.4) is 0 Å². The summed E-state index contributed by atoms with van der Waals surface area (Å²) in [6.45, 7) is 1.64. The molecule has 0 bridgehead atoms. The van der Waals surface area contributed by atoms with E-state index in [0.29, 0.717) is 5.69 Å². The Labute approximate surface area is 70.8 Å². The first-order chi connectivity index (χ1) is 5.13. The van der Waals surface area contributed by atoms with Gasteiger partial charge in [-0.25, -0.2) is 18.7 Å². The second-order valence-electron chi connectivity index (χ2n) is 1.96. The molecule has 0 saturated heterocycles. The van der Waals surface area contributed by atoms with E-state index in [9.17, 15) is 8.78 Å². The van der Waals surface area contributed by atoms with E-state index in [0.717, 1.165) is 6.33 Å². The summed E-state index contributed by atoms with van der Waals surface area (Å²) in [6.07, 6.45) is -1.42. The van der Waals surface area contributed by atoms with Gasteiger partial charge in [0.25, 0.3) is 6.43 Å². The molecule has 0 atom stereocenters. The highest BCUT2D eigenvalue weighted by molar-refractivity contribution is 9.10. The number of aromatic nitrogens is 2. The lowest BCUT2D eigenvalue weighted by atomic mass is 10.3. The first kappa shape index (κ1) is 8.52. The Morgan fingerprint density at radius 1 is 1.45 bits per heavy atom. The monoisotopic (exact) mass is 222 g/mol. The topological polar surface area (TPSA) is 25.8 Å². The predicted octanol–water partition coefficient (Wildman–Crippen LogP) is 2.49. The number of halogens is 3. The van der Waals surface area contributed by atoms with Crippen molar-refractivity contribution >= 4 is 15.9 Å². The van der Waals surface area contributed by atoms with Crippen molar-refractivity contribution in [2.24, 2.45) is 0 Å². The molecule has 0 radical (unpaired) electrons. The zero-order valence-corrected chi connectivity index (χ0v) is 7.27. The van der Waals surface area contributed by atoms with Gasteiger partial charge in [-0.05, 0) is 22.9 Å². The van der Waals surface area contributed by atoms with Gasteiger partial charge < -0.3 is 0 Å². The van der Waals surface area contributed by atoms with Gasteiger partial charge in [0, 0.05) is 0 Å². The summed E-state index contributed by atoms with van der Waals surface area (Å²) in [5, 5.41) is 0. The van der Waals surface area contributed by atoms with E-state index in [1.54, 1.807) is 6.92 Å². The molecule has 0 aliphatic rings. The van der Waals surface area contributed by atoms with Crippen LogP contribution in [0.5, 0.6) is 0 Å². The Morgan fingerprint density at radius 3 is 2.55 bits per heavy atom. The van der Waals surface area contributed by atoms with Crippen molar-refractivity contribution in [3.63, 3.8) is 0 Å². The molecule has 0 saturated carbocycles. The maximum Gasteiger partial charge on any atom is 0.281 e. The molecule has 11 heavy (non-hydrogen) atoms. The minimum absolute atomic E-state index is 0.252. The maximum atomic E-state index is 12.1. The molecule has 60 valence electrons. The average molecular weight is 223 g/mol. The smallest absolute Gasteiger partial charge is 0.240 e. The second kappa shape index (κ2) is 3.21. The predicted molar refractivity (Wildman–Crippen MR) is 39.4 cm³/mol. The summed E-state index contributed by atoms with van der Waals surface area (Å²) in [4.78, 5) is 7.16. The van der Waals surface area contributed by atoms with Crippen LogP contribution >= 0.6 is 15.9 Å². The van der Waals surface area contributed by atoms with Crippen molar-refractivity contribution in [2.75, 3.05) is 0 Å². The molecule has 1 aromatic heterocycles. The van der Waals surface area contributed by atoms with E-state index >= 15 is 0 Å². The zero-order valence-electron chi connectivity index (χ0n) is 5.68. The Bertz CT molecular complexity index is 265. The van der Waals surface area contributed by atoms with Crippen LogP contribution in [-0.2, 0) is 0 Å². The number of hydrogen-bond acceptors (Lipinski definition) is 2. The van der Waals surface area contributed by atoms with Crippen molar-refractivity contribution in [3.8, 4) is 0 Å². The molecule has 1 rings (SSSR count). The fourth-order valence-corrected chi connectivity index (χ4v) is 1.01. The SMILES string of the molecule is Cc1ncnc(C(F)F)c1Br. The van der Waals surface area contributed by atoms with Gasteiger partial charge in [-0.1, -0.05) is 0 Å². The summed E-state index contributed by atoms with van der Waals surface area (Å²) < 4.78 is 24.5. The van der Waals surface area contributed by atoms with Gasteiger partial charge in [-0.2, -0.15) is 0 Å². The lowest BCUT2D eigenvalue weighted by Crippen LogP contribution is -1.95. The number of nitrogens with zero attached hydrogens (tertiary/aromatic N) is 2. The Kier molecular flexibility index (Phi) is 2.49. The summed E-state index contributed by atoms with van der Waals surface area (Å²) in [5.41, 5.74) is 0.271. The molecule has 0 aromatic carbocycles. The van der Waals surface area contributed by atoms with Crippen LogP contribution in [0.4, 0.5) is 8.78 Å². The van der Waals surface area contributed by atoms with E-state index in [1.165, 1.54) is 0 Å². The number of hydrogen-bond donors (Lipinski definition) is 0. The summed E-state index contributed by atoms with van der Waals surface area (Å²) >= 11 is 2.98. The summed E-state index contributed by atoms with van der Waals surface area (Å²) in [5.74, 6) is 0. The van der Waals surface area contributed by atoms with Crippen LogP contribution < -0.4 is 0 Å². The fourth-order valence-electron chi connectivity index (χ4n) is 0.628. The van der Waals surface area contributed by atoms with Gasteiger partial charge in [0.2, 0.25) is 0 Å². The standard InChI is InChI=1S/C6H5BrF2N2/c1-3-4(7)5(6(8)9)11-2-10-3/h2,6H,1H3. The molecule has 0 N–H and O–H groups in total. The van der Waals surface area contributed by atoms with Gasteiger partial charge in [-0.3, -0.25) is 0 Å². The molecule has 0 fully saturated rings. The molecule has 5 heteroatoms. The molecule has 0 aliphatic heterocycles. The third-order valence-electron chi connectivity index (χ3n) is 1.20. The van der Waals surface area contributed by atoms with E-state index < -0.39 is 6.43 Å². The molecular formula is C6H5BrF2N2. The van der Waals surface area contributed by atoms with E-state index in [1.807, 2.05) is 0 Å². The quantitative estimate of drug-likeness (QED) is 0.730. The number of rotatable bonds is 1. The van der Waals surface area contributed by atoms with Gasteiger partial charge in [0.05, 0.1) is 10.2 Å². The number of alkyl halides is 2. The van der Waals surface area contributed by atoms with Crippen LogP contribution in [0.1, 0.15) is 17.8 Å². The third kappa shape index (κ3) is 1.71. The molecule has 0 unspecified atom stereocenters. The second-order valence-corrected chi connectivity index (χ2v) is 2.75. The average Bonchev–Trinajstić information content (AvgIpc) is 1.94. The van der Waals surface area contributed by atoms with E-state index in [4.69, 9.17) is 0 Å². The van der Waals surface area contributed by atoms with Crippen molar-refractivity contribution in [3.05, 3.63) is 22.2 Å². The first-order valence-corrected chi connectivity index (χ1v) is 3.67. The van der Waals surface area contributed by atoms with Crippen molar-refractivity contribution in [1.82, 2.24) is 9.97 Å². The third-order valence-corrected chi connectivity index (χ3v) is 2.18. The maximum absolute atomic E-state index is 12.1. The lowest BCUT2D eigenvalue weighted by molar-refractivity contribution is 0.145. The minimum Gasteiger partial charge on any atom is -0.240 e. The highest BCUT2D eigenvalue weighted by Gasteiger charge is 2.14. The van der Waals surface area contributed by atoms with Crippen LogP contribution in [0, 0.1) is 6.92 Å². The van der Waals surface area contributed by atoms with E-state index in [2.05, 4.69) is 25.9 Å². The highest BCUT2D eigenvalue weighted by atomic mass is 79.9. The minimum atomic E-state index is -2.55. The molecular weight excluding hydrogens is 218 g/mol. The van der Waals surface area contributed by atoms with Crippen LogP contribution in [-0.4, -0.2) is 9.97 Å².